The third-order valence-electron chi connectivity index (χ3n) is 1.79. The number of hydrogen-bond acceptors (Lipinski definition) is 3. The molecule has 0 spiro atoms. The minimum Gasteiger partial charge on any atom is -0.341 e. The Morgan fingerprint density at radius 1 is 1.24 bits per heavy atom. The Balaban J connectivity index is 2.72. The van der Waals surface area contributed by atoms with Crippen molar-refractivity contribution in [1.29, 1.82) is 0 Å². The number of benzene rings is 1. The predicted molar refractivity (Wildman–Crippen MR) is 70.9 cm³/mol. The van der Waals surface area contributed by atoms with Gasteiger partial charge in [0.05, 0.1) is 0 Å². The van der Waals surface area contributed by atoms with Crippen LogP contribution >= 0.6 is 15.9 Å². The molecule has 0 heterocycles. The summed E-state index contributed by atoms with van der Waals surface area (Å²) in [5.74, 6) is 0. The second-order valence-electron chi connectivity index (χ2n) is 3.11. The number of rotatable bonds is 4. The summed E-state index contributed by atoms with van der Waals surface area (Å²) in [6, 6.07) is 5.98. The molecule has 1 rings (SSSR count). The maximum absolute atomic E-state index is 11.2. The van der Waals surface area contributed by atoms with Crippen molar-refractivity contribution in [2.75, 3.05) is 21.7 Å². The van der Waals surface area contributed by atoms with Crippen molar-refractivity contribution in [2.45, 2.75) is 0 Å². The number of carbonyl (C=O) groups excluding carboxylic acids is 1. The van der Waals surface area contributed by atoms with Crippen molar-refractivity contribution < 1.29 is 13.2 Å². The number of alkyl halides is 1. The summed E-state index contributed by atoms with van der Waals surface area (Å²) >= 11 is 2.87. The number of halogens is 1. The van der Waals surface area contributed by atoms with Crippen molar-refractivity contribution in [2.24, 2.45) is 0 Å². The van der Waals surface area contributed by atoms with Gasteiger partial charge in [-0.3, -0.25) is 4.72 Å². The van der Waals surface area contributed by atoms with Crippen molar-refractivity contribution in [1.82, 2.24) is 5.32 Å². The lowest BCUT2D eigenvalue weighted by molar-refractivity contribution is 0.254. The number of urea groups is 1. The molecule has 0 saturated carbocycles. The van der Waals surface area contributed by atoms with E-state index >= 15 is 0 Å². The van der Waals surface area contributed by atoms with Gasteiger partial charge in [-0.25, -0.2) is 13.2 Å². The SMILES string of the molecule is CNC(=O)Nc1ccc(NS(=O)(=O)CBr)cc1. The second kappa shape index (κ2) is 5.87. The fourth-order valence-electron chi connectivity index (χ4n) is 1.02. The van der Waals surface area contributed by atoms with E-state index in [1.165, 1.54) is 7.05 Å². The van der Waals surface area contributed by atoms with Crippen molar-refractivity contribution in [3.8, 4) is 0 Å². The van der Waals surface area contributed by atoms with Gasteiger partial charge < -0.3 is 10.6 Å². The summed E-state index contributed by atoms with van der Waals surface area (Å²) in [7, 11) is -1.84. The minimum atomic E-state index is -3.35. The zero-order valence-electron chi connectivity index (χ0n) is 9.03. The third-order valence-corrected chi connectivity index (χ3v) is 4.43. The molecule has 6 nitrogen and oxygen atoms in total. The lowest BCUT2D eigenvalue weighted by atomic mass is 10.3. The highest BCUT2D eigenvalue weighted by molar-refractivity contribution is 9.10. The Hall–Kier alpha value is -1.28. The Morgan fingerprint density at radius 3 is 2.24 bits per heavy atom. The van der Waals surface area contributed by atoms with Crippen LogP contribution in [0.2, 0.25) is 0 Å². The van der Waals surface area contributed by atoms with Crippen LogP contribution in [-0.4, -0.2) is 26.2 Å². The lowest BCUT2D eigenvalue weighted by Gasteiger charge is -2.07. The summed E-state index contributed by atoms with van der Waals surface area (Å²) in [5, 5.41) is 4.97. The molecule has 0 saturated heterocycles. The van der Waals surface area contributed by atoms with Crippen LogP contribution in [-0.2, 0) is 10.0 Å². The average molecular weight is 322 g/mol. The molecular formula is C9H12BrN3O3S. The van der Waals surface area contributed by atoms with E-state index in [9.17, 15) is 13.2 Å². The summed E-state index contributed by atoms with van der Waals surface area (Å²) in [4.78, 5) is 11.0. The topological polar surface area (TPSA) is 87.3 Å². The lowest BCUT2D eigenvalue weighted by Crippen LogP contribution is -2.24. The molecule has 0 aromatic heterocycles. The van der Waals surface area contributed by atoms with Crippen LogP contribution in [0.4, 0.5) is 16.2 Å². The fraction of sp³-hybridized carbons (Fsp3) is 0.222. The molecule has 17 heavy (non-hydrogen) atoms. The molecule has 3 N–H and O–H groups in total. The van der Waals surface area contributed by atoms with E-state index in [1.54, 1.807) is 24.3 Å². The maximum atomic E-state index is 11.2. The monoisotopic (exact) mass is 321 g/mol. The highest BCUT2D eigenvalue weighted by atomic mass is 79.9. The number of hydrogen-bond donors (Lipinski definition) is 3. The van der Waals surface area contributed by atoms with Crippen molar-refractivity contribution in [3.63, 3.8) is 0 Å². The molecular weight excluding hydrogens is 310 g/mol. The number of anilines is 2. The Bertz CT molecular complexity index is 487. The van der Waals surface area contributed by atoms with Gasteiger partial charge in [-0.05, 0) is 24.3 Å². The van der Waals surface area contributed by atoms with Crippen LogP contribution in [0, 0.1) is 0 Å². The molecule has 0 unspecified atom stereocenters. The summed E-state index contributed by atoms with van der Waals surface area (Å²) in [6.07, 6.45) is 0. The van der Waals surface area contributed by atoms with Crippen LogP contribution in [0.5, 0.6) is 0 Å². The molecule has 0 aliphatic rings. The van der Waals surface area contributed by atoms with Crippen molar-refractivity contribution in [3.05, 3.63) is 24.3 Å². The number of amides is 2. The van der Waals surface area contributed by atoms with E-state index < -0.39 is 10.0 Å². The molecule has 0 radical (unpaired) electrons. The van der Waals surface area contributed by atoms with Crippen LogP contribution < -0.4 is 15.4 Å². The first-order valence-electron chi connectivity index (χ1n) is 4.62. The smallest absolute Gasteiger partial charge is 0.318 e. The Labute approximate surface area is 108 Å². The van der Waals surface area contributed by atoms with Gasteiger partial charge in [-0.1, -0.05) is 15.9 Å². The Morgan fingerprint density at radius 2 is 1.76 bits per heavy atom. The van der Waals surface area contributed by atoms with Crippen LogP contribution in [0.1, 0.15) is 0 Å². The van der Waals surface area contributed by atoms with Gasteiger partial charge in [-0.2, -0.15) is 0 Å². The summed E-state index contributed by atoms with van der Waals surface area (Å²) in [5.41, 5.74) is 1.01. The molecule has 0 fully saturated rings. The van der Waals surface area contributed by atoms with E-state index in [1.807, 2.05) is 0 Å². The van der Waals surface area contributed by atoms with Crippen LogP contribution in [0.25, 0.3) is 0 Å². The second-order valence-corrected chi connectivity index (χ2v) is 6.13. The van der Waals surface area contributed by atoms with E-state index in [0.29, 0.717) is 11.4 Å². The molecule has 1 aromatic carbocycles. The van der Waals surface area contributed by atoms with Crippen LogP contribution in [0.3, 0.4) is 0 Å². The normalized spacial score (nSPS) is 10.7. The highest BCUT2D eigenvalue weighted by Gasteiger charge is 2.07. The van der Waals surface area contributed by atoms with Gasteiger partial charge in [0.15, 0.2) is 0 Å². The van der Waals surface area contributed by atoms with Gasteiger partial charge in [0.1, 0.15) is 4.66 Å². The van der Waals surface area contributed by atoms with Gasteiger partial charge >= 0.3 is 6.03 Å². The van der Waals surface area contributed by atoms with Gasteiger partial charge in [0.25, 0.3) is 0 Å². The molecule has 0 aliphatic carbocycles. The summed E-state index contributed by atoms with van der Waals surface area (Å²) in [6.45, 7) is 0. The van der Waals surface area contributed by atoms with E-state index in [2.05, 4.69) is 31.3 Å². The molecule has 8 heteroatoms. The largest absolute Gasteiger partial charge is 0.341 e. The molecule has 94 valence electrons. The van der Waals surface area contributed by atoms with Gasteiger partial charge in [-0.15, -0.1) is 0 Å². The quantitative estimate of drug-likeness (QED) is 0.735. The fourth-order valence-corrected chi connectivity index (χ4v) is 1.92. The molecule has 2 amide bonds. The third kappa shape index (κ3) is 4.61. The minimum absolute atomic E-state index is 0.168. The molecule has 0 bridgehead atoms. The molecule has 0 aliphatic heterocycles. The first-order valence-corrected chi connectivity index (χ1v) is 7.39. The van der Waals surface area contributed by atoms with Gasteiger partial charge in [0, 0.05) is 18.4 Å². The number of nitrogens with one attached hydrogen (secondary N) is 3. The zero-order valence-corrected chi connectivity index (χ0v) is 11.4. The maximum Gasteiger partial charge on any atom is 0.318 e. The first-order chi connectivity index (χ1) is 7.96. The van der Waals surface area contributed by atoms with E-state index in [-0.39, 0.29) is 10.7 Å². The standard InChI is InChI=1S/C9H12BrN3O3S/c1-11-9(14)12-7-2-4-8(5-3-7)13-17(15,16)6-10/h2-5,13H,6H2,1H3,(H2,11,12,14). The Kier molecular flexibility index (Phi) is 4.76. The van der Waals surface area contributed by atoms with Gasteiger partial charge in [0.2, 0.25) is 10.0 Å². The molecule has 1 aromatic rings. The highest BCUT2D eigenvalue weighted by Crippen LogP contribution is 2.15. The number of sulfonamides is 1. The number of carbonyl (C=O) groups is 1. The molecule has 0 atom stereocenters. The van der Waals surface area contributed by atoms with Crippen LogP contribution in [0.15, 0.2) is 24.3 Å². The summed E-state index contributed by atoms with van der Waals surface area (Å²) < 4.78 is 24.7. The zero-order chi connectivity index (χ0) is 12.9. The first kappa shape index (κ1) is 13.8. The van der Waals surface area contributed by atoms with E-state index in [4.69, 9.17) is 0 Å². The van der Waals surface area contributed by atoms with E-state index in [0.717, 1.165) is 0 Å². The van der Waals surface area contributed by atoms with Crippen molar-refractivity contribution >= 4 is 43.4 Å². The average Bonchev–Trinajstić information content (AvgIpc) is 2.31. The predicted octanol–water partition coefficient (Wildman–Crippen LogP) is 1.53.